The van der Waals surface area contributed by atoms with Crippen LogP contribution in [-0.2, 0) is 4.79 Å². The number of halogens is 1. The summed E-state index contributed by atoms with van der Waals surface area (Å²) >= 11 is 9.10. The van der Waals surface area contributed by atoms with E-state index in [0.29, 0.717) is 17.7 Å². The Morgan fingerprint density at radius 2 is 2.04 bits per heavy atom. The van der Waals surface area contributed by atoms with Gasteiger partial charge in [-0.1, -0.05) is 19.1 Å². The molecule has 28 heavy (non-hydrogen) atoms. The molecule has 3 atom stereocenters. The number of carbonyl (C=O) groups is 2. The maximum Gasteiger partial charge on any atom is 0.345 e. The summed E-state index contributed by atoms with van der Waals surface area (Å²) in [6.07, 6.45) is 1.49. The molecule has 1 saturated heterocycles. The van der Waals surface area contributed by atoms with Crippen molar-refractivity contribution < 1.29 is 19.8 Å². The fourth-order valence-electron chi connectivity index (χ4n) is 3.26. The second kappa shape index (κ2) is 9.31. The first-order valence-electron chi connectivity index (χ1n) is 9.11. The predicted octanol–water partition coefficient (Wildman–Crippen LogP) is 4.78. The van der Waals surface area contributed by atoms with Crippen molar-refractivity contribution in [3.05, 3.63) is 46.8 Å². The van der Waals surface area contributed by atoms with Crippen molar-refractivity contribution in [2.45, 2.75) is 47.9 Å². The zero-order chi connectivity index (χ0) is 20.3. The van der Waals surface area contributed by atoms with E-state index in [2.05, 4.69) is 0 Å². The van der Waals surface area contributed by atoms with Gasteiger partial charge >= 0.3 is 5.97 Å². The highest BCUT2D eigenvalue weighted by Gasteiger charge is 2.38. The van der Waals surface area contributed by atoms with Crippen LogP contribution in [0.25, 0.3) is 0 Å². The smallest absolute Gasteiger partial charge is 0.345 e. The van der Waals surface area contributed by atoms with Gasteiger partial charge in [0, 0.05) is 17.5 Å². The van der Waals surface area contributed by atoms with Gasteiger partial charge in [0.15, 0.2) is 0 Å². The predicted molar refractivity (Wildman–Crippen MR) is 114 cm³/mol. The molecule has 0 bridgehead atoms. The maximum absolute atomic E-state index is 12.6. The number of nitrogens with zero attached hydrogens (tertiary/aromatic N) is 1. The molecule has 2 aromatic rings. The van der Waals surface area contributed by atoms with Crippen LogP contribution >= 0.6 is 34.7 Å². The lowest BCUT2D eigenvalue weighted by Gasteiger charge is -2.25. The molecule has 5 nitrogen and oxygen atoms in total. The Hall–Kier alpha value is -1.54. The summed E-state index contributed by atoms with van der Waals surface area (Å²) in [6, 6.07) is 10.9. The number of aromatic carboxylic acids is 1. The van der Waals surface area contributed by atoms with E-state index < -0.39 is 17.5 Å². The van der Waals surface area contributed by atoms with Crippen molar-refractivity contribution in [2.24, 2.45) is 0 Å². The van der Waals surface area contributed by atoms with Gasteiger partial charge in [0.2, 0.25) is 5.91 Å². The third kappa shape index (κ3) is 4.71. The molecular weight excluding hydrogens is 418 g/mol. The first-order chi connectivity index (χ1) is 13.4. The Morgan fingerprint density at radius 3 is 2.64 bits per heavy atom. The quantitative estimate of drug-likeness (QED) is 0.457. The summed E-state index contributed by atoms with van der Waals surface area (Å²) in [5.74, 6) is -0.236. The average molecular weight is 440 g/mol. The number of thiophene rings is 1. The fourth-order valence-corrected chi connectivity index (χ4v) is 5.66. The van der Waals surface area contributed by atoms with Crippen LogP contribution in [0.1, 0.15) is 47.5 Å². The standard InChI is InChI=1S/C20H22ClNO4S2/c1-2-16(23)12-3-5-13(6-4-12)22-14(11-15(21)19(22)24)9-10-27-18-8-7-17(28-18)20(25)26/h3-8,14-16,23H,2,9-11H2,1H3,(H,25,26). The molecule has 150 valence electrons. The van der Waals surface area contributed by atoms with Crippen molar-refractivity contribution in [3.8, 4) is 0 Å². The number of thioether (sulfide) groups is 1. The number of hydrogen-bond donors (Lipinski definition) is 2. The maximum atomic E-state index is 12.6. The van der Waals surface area contributed by atoms with Crippen molar-refractivity contribution in [1.29, 1.82) is 0 Å². The monoisotopic (exact) mass is 439 g/mol. The molecule has 1 amide bonds. The third-order valence-corrected chi connectivity index (χ3v) is 7.48. The molecule has 1 aromatic carbocycles. The SMILES string of the molecule is CCC(O)c1ccc(N2C(=O)C(Cl)CC2CCSc2ccc(C(=O)O)s2)cc1. The van der Waals surface area contributed by atoms with Crippen molar-refractivity contribution in [3.63, 3.8) is 0 Å². The molecule has 8 heteroatoms. The number of hydrogen-bond acceptors (Lipinski definition) is 5. The molecule has 0 radical (unpaired) electrons. The molecule has 3 unspecified atom stereocenters. The minimum absolute atomic E-state index is 0.00311. The van der Waals surface area contributed by atoms with Gasteiger partial charge < -0.3 is 15.1 Å². The van der Waals surface area contributed by atoms with Crippen LogP contribution in [0.15, 0.2) is 40.6 Å². The van der Waals surface area contributed by atoms with Crippen LogP contribution in [0.4, 0.5) is 5.69 Å². The molecule has 1 aliphatic heterocycles. The van der Waals surface area contributed by atoms with E-state index in [-0.39, 0.29) is 11.9 Å². The summed E-state index contributed by atoms with van der Waals surface area (Å²) < 4.78 is 0.952. The van der Waals surface area contributed by atoms with E-state index >= 15 is 0 Å². The third-order valence-electron chi connectivity index (χ3n) is 4.78. The first kappa shape index (κ1) is 21.2. The van der Waals surface area contributed by atoms with Crippen LogP contribution in [-0.4, -0.2) is 39.3 Å². The lowest BCUT2D eigenvalue weighted by Crippen LogP contribution is -2.34. The zero-order valence-electron chi connectivity index (χ0n) is 15.4. The van der Waals surface area contributed by atoms with E-state index in [0.717, 1.165) is 27.6 Å². The van der Waals surface area contributed by atoms with Gasteiger partial charge in [-0.2, -0.15) is 0 Å². The Kier molecular flexibility index (Phi) is 7.04. The van der Waals surface area contributed by atoms with Crippen LogP contribution in [0.3, 0.4) is 0 Å². The van der Waals surface area contributed by atoms with Gasteiger partial charge in [-0.05, 0) is 49.1 Å². The summed E-state index contributed by atoms with van der Waals surface area (Å²) in [6.45, 7) is 1.92. The molecule has 1 aliphatic rings. The number of carboxylic acids is 1. The zero-order valence-corrected chi connectivity index (χ0v) is 17.8. The first-order valence-corrected chi connectivity index (χ1v) is 11.4. The molecule has 2 heterocycles. The topological polar surface area (TPSA) is 77.8 Å². The van der Waals surface area contributed by atoms with Gasteiger partial charge in [0.25, 0.3) is 0 Å². The number of amides is 1. The minimum atomic E-state index is -0.911. The lowest BCUT2D eigenvalue weighted by atomic mass is 10.1. The van der Waals surface area contributed by atoms with Gasteiger partial charge in [-0.3, -0.25) is 4.79 Å². The number of anilines is 1. The largest absolute Gasteiger partial charge is 0.477 e. The Bertz CT molecular complexity index is 839. The highest BCUT2D eigenvalue weighted by molar-refractivity contribution is 8.01. The molecule has 0 saturated carbocycles. The summed E-state index contributed by atoms with van der Waals surface area (Å²) in [4.78, 5) is 25.6. The summed E-state index contributed by atoms with van der Waals surface area (Å²) in [5, 5.41) is 18.4. The van der Waals surface area contributed by atoms with E-state index in [1.165, 1.54) is 11.3 Å². The van der Waals surface area contributed by atoms with Crippen LogP contribution in [0.2, 0.25) is 0 Å². The second-order valence-electron chi connectivity index (χ2n) is 6.64. The number of carbonyl (C=O) groups excluding carboxylic acids is 1. The van der Waals surface area contributed by atoms with Crippen LogP contribution < -0.4 is 4.90 Å². The van der Waals surface area contributed by atoms with E-state index in [1.54, 1.807) is 22.7 Å². The molecule has 0 spiro atoms. The Labute approximate surface area is 177 Å². The fraction of sp³-hybridized carbons (Fsp3) is 0.400. The summed E-state index contributed by atoms with van der Waals surface area (Å²) in [5.41, 5.74) is 1.62. The van der Waals surface area contributed by atoms with Gasteiger partial charge in [-0.25, -0.2) is 4.79 Å². The second-order valence-corrected chi connectivity index (χ2v) is 9.65. The normalized spacial score (nSPS) is 20.5. The molecule has 1 fully saturated rings. The van der Waals surface area contributed by atoms with E-state index in [9.17, 15) is 14.7 Å². The van der Waals surface area contributed by atoms with Gasteiger partial charge in [0.05, 0.1) is 10.3 Å². The minimum Gasteiger partial charge on any atom is -0.477 e. The van der Waals surface area contributed by atoms with E-state index in [4.69, 9.17) is 16.7 Å². The highest BCUT2D eigenvalue weighted by Crippen LogP contribution is 2.34. The van der Waals surface area contributed by atoms with Crippen LogP contribution in [0.5, 0.6) is 0 Å². The summed E-state index contributed by atoms with van der Waals surface area (Å²) in [7, 11) is 0. The molecular formula is C20H22ClNO4S2. The Morgan fingerprint density at radius 1 is 1.32 bits per heavy atom. The number of aliphatic hydroxyl groups is 1. The van der Waals surface area contributed by atoms with Crippen molar-refractivity contribution in [1.82, 2.24) is 0 Å². The average Bonchev–Trinajstić information content (AvgIpc) is 3.27. The number of aliphatic hydroxyl groups excluding tert-OH is 1. The van der Waals surface area contributed by atoms with Gasteiger partial charge in [0.1, 0.15) is 10.3 Å². The number of alkyl halides is 1. The molecule has 2 N–H and O–H groups in total. The highest BCUT2D eigenvalue weighted by atomic mass is 35.5. The number of rotatable bonds is 8. The molecule has 3 rings (SSSR count). The molecule has 1 aromatic heterocycles. The van der Waals surface area contributed by atoms with Crippen LogP contribution in [0, 0.1) is 0 Å². The number of benzene rings is 1. The Balaban J connectivity index is 1.65. The lowest BCUT2D eigenvalue weighted by molar-refractivity contribution is -0.116. The van der Waals surface area contributed by atoms with E-state index in [1.807, 2.05) is 37.3 Å². The number of carboxylic acid groups (broad SMARTS) is 1. The van der Waals surface area contributed by atoms with Crippen molar-refractivity contribution in [2.75, 3.05) is 10.7 Å². The van der Waals surface area contributed by atoms with Gasteiger partial charge in [-0.15, -0.1) is 34.7 Å². The van der Waals surface area contributed by atoms with Crippen molar-refractivity contribution >= 4 is 52.3 Å². The molecule has 0 aliphatic carbocycles.